The predicted octanol–water partition coefficient (Wildman–Crippen LogP) is 2.23. The number of benzene rings is 1. The van der Waals surface area contributed by atoms with Crippen molar-refractivity contribution in [3.05, 3.63) is 30.1 Å². The Morgan fingerprint density at radius 3 is 2.67 bits per heavy atom. The van der Waals surface area contributed by atoms with Crippen LogP contribution in [0.5, 0.6) is 0 Å². The van der Waals surface area contributed by atoms with Crippen LogP contribution >= 0.6 is 0 Å². The first-order valence-electron chi connectivity index (χ1n) is 6.85. The van der Waals surface area contributed by atoms with E-state index in [1.165, 1.54) is 12.1 Å². The van der Waals surface area contributed by atoms with E-state index >= 15 is 0 Å². The van der Waals surface area contributed by atoms with Crippen LogP contribution in [0, 0.1) is 5.82 Å². The highest BCUT2D eigenvalue weighted by atomic mass is 32.2. The highest BCUT2D eigenvalue weighted by Gasteiger charge is 2.26. The molecule has 1 rings (SSSR count). The van der Waals surface area contributed by atoms with Gasteiger partial charge in [-0.3, -0.25) is 4.79 Å². The van der Waals surface area contributed by atoms with Gasteiger partial charge in [0, 0.05) is 0 Å². The number of ether oxygens (including phenoxy) is 1. The molecule has 21 heavy (non-hydrogen) atoms. The summed E-state index contributed by atoms with van der Waals surface area (Å²) in [5.74, 6) is -1.27. The summed E-state index contributed by atoms with van der Waals surface area (Å²) in [6, 6.07) is 3.67. The van der Waals surface area contributed by atoms with E-state index in [0.29, 0.717) is 12.8 Å². The fourth-order valence-corrected chi connectivity index (χ4v) is 3.02. The van der Waals surface area contributed by atoms with Crippen LogP contribution < -0.4 is 4.72 Å². The van der Waals surface area contributed by atoms with E-state index in [1.54, 1.807) is 6.92 Å². The topological polar surface area (TPSA) is 72.5 Å². The summed E-state index contributed by atoms with van der Waals surface area (Å²) < 4.78 is 44.6. The minimum absolute atomic E-state index is 0.170. The van der Waals surface area contributed by atoms with E-state index in [1.807, 2.05) is 6.92 Å². The zero-order valence-electron chi connectivity index (χ0n) is 12.1. The van der Waals surface area contributed by atoms with Crippen molar-refractivity contribution in [2.45, 2.75) is 44.0 Å². The number of nitrogens with one attached hydrogen (secondary N) is 1. The standard InChI is InChI=1S/C14H20FNO4S/c1-3-5-9-13(14(17)20-4-2)16-21(18,19)12-8-6-7-11(15)10-12/h6-8,10,13,16H,3-5,9H2,1-2H3. The van der Waals surface area contributed by atoms with Crippen molar-refractivity contribution in [3.8, 4) is 0 Å². The van der Waals surface area contributed by atoms with Crippen molar-refractivity contribution < 1.29 is 22.3 Å². The van der Waals surface area contributed by atoms with Crippen LogP contribution in [0.15, 0.2) is 29.2 Å². The lowest BCUT2D eigenvalue weighted by atomic mass is 10.1. The molecule has 0 spiro atoms. The molecule has 0 fully saturated rings. The molecule has 1 aromatic rings. The smallest absolute Gasteiger partial charge is 0.324 e. The van der Waals surface area contributed by atoms with Gasteiger partial charge in [0.15, 0.2) is 0 Å². The van der Waals surface area contributed by atoms with Crippen LogP contribution in [0.2, 0.25) is 0 Å². The van der Waals surface area contributed by atoms with Gasteiger partial charge in [-0.15, -0.1) is 0 Å². The van der Waals surface area contributed by atoms with Gasteiger partial charge in [0.05, 0.1) is 11.5 Å². The Morgan fingerprint density at radius 1 is 1.38 bits per heavy atom. The number of sulfonamides is 1. The second-order valence-corrected chi connectivity index (χ2v) is 6.24. The predicted molar refractivity (Wildman–Crippen MR) is 76.7 cm³/mol. The first-order chi connectivity index (χ1) is 9.90. The van der Waals surface area contributed by atoms with Crippen LogP contribution in [-0.2, 0) is 19.6 Å². The van der Waals surface area contributed by atoms with Gasteiger partial charge < -0.3 is 4.74 Å². The number of rotatable bonds is 8. The van der Waals surface area contributed by atoms with Crippen LogP contribution in [0.4, 0.5) is 4.39 Å². The normalized spacial score (nSPS) is 12.9. The SMILES string of the molecule is CCCCC(NS(=O)(=O)c1cccc(F)c1)C(=O)OCC. The molecule has 1 unspecified atom stereocenters. The van der Waals surface area contributed by atoms with Gasteiger partial charge in [-0.05, 0) is 31.5 Å². The molecule has 0 aromatic heterocycles. The van der Waals surface area contributed by atoms with Crippen molar-refractivity contribution in [3.63, 3.8) is 0 Å². The average Bonchev–Trinajstić information content (AvgIpc) is 2.43. The van der Waals surface area contributed by atoms with Gasteiger partial charge >= 0.3 is 5.97 Å². The second-order valence-electron chi connectivity index (χ2n) is 4.53. The van der Waals surface area contributed by atoms with Gasteiger partial charge in [-0.2, -0.15) is 4.72 Å². The molecule has 0 radical (unpaired) electrons. The Balaban J connectivity index is 2.92. The molecule has 5 nitrogen and oxygen atoms in total. The van der Waals surface area contributed by atoms with Crippen molar-refractivity contribution >= 4 is 16.0 Å². The van der Waals surface area contributed by atoms with Crippen molar-refractivity contribution in [1.82, 2.24) is 4.72 Å². The van der Waals surface area contributed by atoms with Crippen LogP contribution in [0.25, 0.3) is 0 Å². The molecule has 0 bridgehead atoms. The number of hydrogen-bond acceptors (Lipinski definition) is 4. The second kappa shape index (κ2) is 8.09. The van der Waals surface area contributed by atoms with Crippen LogP contribution in [0.3, 0.4) is 0 Å². The molecule has 0 amide bonds. The number of hydrogen-bond donors (Lipinski definition) is 1. The summed E-state index contributed by atoms with van der Waals surface area (Å²) in [6.07, 6.45) is 1.83. The van der Waals surface area contributed by atoms with E-state index < -0.39 is 27.9 Å². The number of halogens is 1. The molecule has 0 saturated carbocycles. The molecule has 0 heterocycles. The molecule has 1 aromatic carbocycles. The zero-order valence-corrected chi connectivity index (χ0v) is 13.0. The first kappa shape index (κ1) is 17.6. The molecule has 1 atom stereocenters. The van der Waals surface area contributed by atoms with Gasteiger partial charge in [-0.25, -0.2) is 12.8 Å². The minimum atomic E-state index is -3.97. The lowest BCUT2D eigenvalue weighted by Gasteiger charge is -2.17. The molecular weight excluding hydrogens is 297 g/mol. The van der Waals surface area contributed by atoms with Crippen molar-refractivity contribution in [1.29, 1.82) is 0 Å². The fraction of sp³-hybridized carbons (Fsp3) is 0.500. The number of carbonyl (C=O) groups is 1. The van der Waals surface area contributed by atoms with Crippen molar-refractivity contribution in [2.75, 3.05) is 6.61 Å². The highest BCUT2D eigenvalue weighted by Crippen LogP contribution is 2.13. The van der Waals surface area contributed by atoms with E-state index in [4.69, 9.17) is 4.74 Å². The van der Waals surface area contributed by atoms with Gasteiger partial charge in [0.1, 0.15) is 11.9 Å². The monoisotopic (exact) mass is 317 g/mol. The summed E-state index contributed by atoms with van der Waals surface area (Å²) in [5, 5.41) is 0. The summed E-state index contributed by atoms with van der Waals surface area (Å²) >= 11 is 0. The van der Waals surface area contributed by atoms with Crippen LogP contribution in [-0.4, -0.2) is 27.0 Å². The van der Waals surface area contributed by atoms with Crippen molar-refractivity contribution in [2.24, 2.45) is 0 Å². The molecule has 0 aliphatic rings. The third kappa shape index (κ3) is 5.43. The van der Waals surface area contributed by atoms with Crippen LogP contribution in [0.1, 0.15) is 33.1 Å². The Hall–Kier alpha value is -1.47. The Kier molecular flexibility index (Phi) is 6.77. The Bertz CT molecular complexity index is 574. The van der Waals surface area contributed by atoms with E-state index in [2.05, 4.69) is 4.72 Å². The van der Waals surface area contributed by atoms with Gasteiger partial charge in [0.2, 0.25) is 10.0 Å². The maximum absolute atomic E-state index is 13.1. The third-order valence-corrected chi connectivity index (χ3v) is 4.29. The Morgan fingerprint density at radius 2 is 2.10 bits per heavy atom. The average molecular weight is 317 g/mol. The van der Waals surface area contributed by atoms with Gasteiger partial charge in [-0.1, -0.05) is 25.8 Å². The highest BCUT2D eigenvalue weighted by molar-refractivity contribution is 7.89. The third-order valence-electron chi connectivity index (χ3n) is 2.82. The Labute approximate surface area is 124 Å². The van der Waals surface area contributed by atoms with E-state index in [9.17, 15) is 17.6 Å². The molecule has 0 saturated heterocycles. The largest absolute Gasteiger partial charge is 0.465 e. The minimum Gasteiger partial charge on any atom is -0.465 e. The van der Waals surface area contributed by atoms with E-state index in [0.717, 1.165) is 18.6 Å². The summed E-state index contributed by atoms with van der Waals surface area (Å²) in [4.78, 5) is 11.6. The zero-order chi connectivity index (χ0) is 15.9. The number of carbonyl (C=O) groups excluding carboxylic acids is 1. The molecule has 1 N–H and O–H groups in total. The fourth-order valence-electron chi connectivity index (χ4n) is 1.77. The summed E-state index contributed by atoms with van der Waals surface area (Å²) in [7, 11) is -3.97. The number of esters is 1. The quantitative estimate of drug-likeness (QED) is 0.746. The first-order valence-corrected chi connectivity index (χ1v) is 8.33. The lowest BCUT2D eigenvalue weighted by Crippen LogP contribution is -2.41. The maximum Gasteiger partial charge on any atom is 0.324 e. The molecular formula is C14H20FNO4S. The molecule has 0 aliphatic heterocycles. The molecule has 7 heteroatoms. The lowest BCUT2D eigenvalue weighted by molar-refractivity contribution is -0.145. The van der Waals surface area contributed by atoms with E-state index in [-0.39, 0.29) is 11.5 Å². The summed E-state index contributed by atoms with van der Waals surface area (Å²) in [6.45, 7) is 3.75. The van der Waals surface area contributed by atoms with Gasteiger partial charge in [0.25, 0.3) is 0 Å². The number of unbranched alkanes of at least 4 members (excludes halogenated alkanes) is 1. The maximum atomic E-state index is 13.1. The molecule has 0 aliphatic carbocycles. The summed E-state index contributed by atoms with van der Waals surface area (Å²) in [5.41, 5.74) is 0. The molecule has 118 valence electrons.